The number of hydrogen-bond donors (Lipinski definition) is 2. The summed E-state index contributed by atoms with van der Waals surface area (Å²) in [6.45, 7) is 8.29. The third-order valence-electron chi connectivity index (χ3n) is 2.05. The Kier molecular flexibility index (Phi) is 7.00. The molecule has 0 saturated carbocycles. The van der Waals surface area contributed by atoms with Crippen molar-refractivity contribution in [2.75, 3.05) is 13.1 Å². The van der Waals surface area contributed by atoms with Crippen molar-refractivity contribution in [1.29, 1.82) is 0 Å². The second-order valence-electron chi connectivity index (χ2n) is 3.76. The monoisotopic (exact) mass is 228 g/mol. The van der Waals surface area contributed by atoms with E-state index in [1.54, 1.807) is 11.0 Å². The smallest absolute Gasteiger partial charge is 0.317 e. The van der Waals surface area contributed by atoms with E-state index in [1.165, 1.54) is 0 Å². The number of rotatable bonds is 7. The number of carbonyl (C=O) groups is 2. The lowest BCUT2D eigenvalue weighted by Crippen LogP contribution is -2.44. The number of carboxylic acids is 1. The minimum atomic E-state index is -0.846. The zero-order chi connectivity index (χ0) is 12.6. The van der Waals surface area contributed by atoms with Gasteiger partial charge < -0.3 is 15.3 Å². The van der Waals surface area contributed by atoms with Crippen LogP contribution in [0.15, 0.2) is 12.7 Å². The molecule has 5 heteroatoms. The van der Waals surface area contributed by atoms with Crippen molar-refractivity contribution in [3.8, 4) is 0 Å². The lowest BCUT2D eigenvalue weighted by molar-refractivity contribution is -0.137. The van der Waals surface area contributed by atoms with Gasteiger partial charge in [0.1, 0.15) is 0 Å². The molecule has 0 unspecified atom stereocenters. The molecule has 2 amide bonds. The standard InChI is InChI=1S/C11H20N2O3/c1-4-8-13(9(2)3)11(16)12-7-5-6-10(14)15/h4,9H,1,5-8H2,2-3H3,(H,12,16)(H,14,15). The van der Waals surface area contributed by atoms with Crippen LogP contribution in [-0.2, 0) is 4.79 Å². The van der Waals surface area contributed by atoms with Gasteiger partial charge in [0.05, 0.1) is 0 Å². The van der Waals surface area contributed by atoms with E-state index < -0.39 is 5.97 Å². The zero-order valence-electron chi connectivity index (χ0n) is 9.90. The molecule has 0 aromatic heterocycles. The maximum absolute atomic E-state index is 11.6. The highest BCUT2D eigenvalue weighted by atomic mass is 16.4. The van der Waals surface area contributed by atoms with Gasteiger partial charge in [0.25, 0.3) is 0 Å². The van der Waals surface area contributed by atoms with E-state index >= 15 is 0 Å². The van der Waals surface area contributed by atoms with Crippen LogP contribution in [0.5, 0.6) is 0 Å². The summed E-state index contributed by atoms with van der Waals surface area (Å²) >= 11 is 0. The Morgan fingerprint density at radius 3 is 2.56 bits per heavy atom. The van der Waals surface area contributed by atoms with Crippen molar-refractivity contribution in [1.82, 2.24) is 10.2 Å². The lowest BCUT2D eigenvalue weighted by Gasteiger charge is -2.25. The largest absolute Gasteiger partial charge is 0.481 e. The van der Waals surface area contributed by atoms with E-state index in [9.17, 15) is 9.59 Å². The third-order valence-corrected chi connectivity index (χ3v) is 2.05. The fourth-order valence-corrected chi connectivity index (χ4v) is 1.20. The number of nitrogens with zero attached hydrogens (tertiary/aromatic N) is 1. The average Bonchev–Trinajstić information content (AvgIpc) is 2.19. The lowest BCUT2D eigenvalue weighted by atomic mass is 10.3. The second kappa shape index (κ2) is 7.73. The van der Waals surface area contributed by atoms with Crippen LogP contribution in [0, 0.1) is 0 Å². The summed E-state index contributed by atoms with van der Waals surface area (Å²) in [5.74, 6) is -0.846. The Morgan fingerprint density at radius 2 is 2.12 bits per heavy atom. The van der Waals surface area contributed by atoms with E-state index in [0.717, 1.165) is 0 Å². The molecular formula is C11H20N2O3. The molecule has 0 heterocycles. The molecule has 0 aliphatic heterocycles. The Bertz CT molecular complexity index is 252. The summed E-state index contributed by atoms with van der Waals surface area (Å²) in [4.78, 5) is 23.5. The number of nitrogens with one attached hydrogen (secondary N) is 1. The number of urea groups is 1. The Labute approximate surface area is 96.1 Å². The van der Waals surface area contributed by atoms with Crippen molar-refractivity contribution in [3.63, 3.8) is 0 Å². The number of amides is 2. The molecule has 2 N–H and O–H groups in total. The van der Waals surface area contributed by atoms with Crippen molar-refractivity contribution in [2.45, 2.75) is 32.7 Å². The molecule has 16 heavy (non-hydrogen) atoms. The van der Waals surface area contributed by atoms with Crippen molar-refractivity contribution in [2.24, 2.45) is 0 Å². The molecule has 0 fully saturated rings. The predicted octanol–water partition coefficient (Wildman–Crippen LogP) is 1.46. The number of carbonyl (C=O) groups excluding carboxylic acids is 1. The highest BCUT2D eigenvalue weighted by molar-refractivity contribution is 5.74. The van der Waals surface area contributed by atoms with Crippen molar-refractivity contribution >= 4 is 12.0 Å². The van der Waals surface area contributed by atoms with Crippen molar-refractivity contribution < 1.29 is 14.7 Å². The summed E-state index contributed by atoms with van der Waals surface area (Å²) in [5, 5.41) is 11.1. The van der Waals surface area contributed by atoms with Crippen LogP contribution in [-0.4, -0.2) is 41.1 Å². The SMILES string of the molecule is C=CCN(C(=O)NCCCC(=O)O)C(C)C. The quantitative estimate of drug-likeness (QED) is 0.512. The first-order valence-electron chi connectivity index (χ1n) is 5.36. The van der Waals surface area contributed by atoms with Gasteiger partial charge in [-0.15, -0.1) is 6.58 Å². The first-order valence-corrected chi connectivity index (χ1v) is 5.36. The van der Waals surface area contributed by atoms with Crippen LogP contribution < -0.4 is 5.32 Å². The molecule has 0 spiro atoms. The van der Waals surface area contributed by atoms with Gasteiger partial charge >= 0.3 is 12.0 Å². The normalized spacial score (nSPS) is 9.94. The van der Waals surface area contributed by atoms with E-state index in [-0.39, 0.29) is 18.5 Å². The highest BCUT2D eigenvalue weighted by Gasteiger charge is 2.14. The van der Waals surface area contributed by atoms with Crippen molar-refractivity contribution in [3.05, 3.63) is 12.7 Å². The van der Waals surface area contributed by atoms with Crippen LogP contribution in [0.4, 0.5) is 4.79 Å². The molecule has 0 aromatic carbocycles. The Balaban J connectivity index is 3.92. The first kappa shape index (κ1) is 14.5. The summed E-state index contributed by atoms with van der Waals surface area (Å²) < 4.78 is 0. The molecule has 0 rings (SSSR count). The average molecular weight is 228 g/mol. The van der Waals surface area contributed by atoms with E-state index in [2.05, 4.69) is 11.9 Å². The van der Waals surface area contributed by atoms with Gasteiger partial charge in [0.2, 0.25) is 0 Å². The van der Waals surface area contributed by atoms with Crippen LogP contribution in [0.2, 0.25) is 0 Å². The highest BCUT2D eigenvalue weighted by Crippen LogP contribution is 1.99. The van der Waals surface area contributed by atoms with Gasteiger partial charge in [-0.2, -0.15) is 0 Å². The van der Waals surface area contributed by atoms with E-state index in [0.29, 0.717) is 19.5 Å². The van der Waals surface area contributed by atoms with Gasteiger partial charge in [0.15, 0.2) is 0 Å². The molecule has 5 nitrogen and oxygen atoms in total. The van der Waals surface area contributed by atoms with Crippen LogP contribution in [0.3, 0.4) is 0 Å². The minimum absolute atomic E-state index is 0.0728. The van der Waals surface area contributed by atoms with Crippen LogP contribution in [0.1, 0.15) is 26.7 Å². The van der Waals surface area contributed by atoms with E-state index in [4.69, 9.17) is 5.11 Å². The Morgan fingerprint density at radius 1 is 1.50 bits per heavy atom. The summed E-state index contributed by atoms with van der Waals surface area (Å²) in [5.41, 5.74) is 0. The number of carboxylic acid groups (broad SMARTS) is 1. The fraction of sp³-hybridized carbons (Fsp3) is 0.636. The van der Waals surface area contributed by atoms with Gasteiger partial charge in [-0.1, -0.05) is 6.08 Å². The van der Waals surface area contributed by atoms with Gasteiger partial charge in [-0.3, -0.25) is 4.79 Å². The van der Waals surface area contributed by atoms with E-state index in [1.807, 2.05) is 13.8 Å². The van der Waals surface area contributed by atoms with Gasteiger partial charge in [0, 0.05) is 25.6 Å². The topological polar surface area (TPSA) is 69.6 Å². The molecule has 0 aliphatic carbocycles. The first-order chi connectivity index (χ1) is 7.49. The van der Waals surface area contributed by atoms with Gasteiger partial charge in [-0.05, 0) is 20.3 Å². The molecule has 0 aromatic rings. The number of aliphatic carboxylic acids is 1. The molecule has 0 bridgehead atoms. The fourth-order valence-electron chi connectivity index (χ4n) is 1.20. The Hall–Kier alpha value is -1.52. The molecular weight excluding hydrogens is 208 g/mol. The minimum Gasteiger partial charge on any atom is -0.481 e. The molecule has 0 saturated heterocycles. The molecule has 0 aliphatic rings. The second-order valence-corrected chi connectivity index (χ2v) is 3.76. The van der Waals surface area contributed by atoms with Crippen LogP contribution in [0.25, 0.3) is 0 Å². The molecule has 0 atom stereocenters. The maximum Gasteiger partial charge on any atom is 0.317 e. The molecule has 92 valence electrons. The molecule has 0 radical (unpaired) electrons. The van der Waals surface area contributed by atoms with Crippen LogP contribution >= 0.6 is 0 Å². The maximum atomic E-state index is 11.6. The zero-order valence-corrected chi connectivity index (χ0v) is 9.90. The summed E-state index contributed by atoms with van der Waals surface area (Å²) in [6.07, 6.45) is 2.18. The predicted molar refractivity (Wildman–Crippen MR) is 62.3 cm³/mol. The summed E-state index contributed by atoms with van der Waals surface area (Å²) in [6, 6.07) is -0.0854. The van der Waals surface area contributed by atoms with Gasteiger partial charge in [-0.25, -0.2) is 4.79 Å². The summed E-state index contributed by atoms with van der Waals surface area (Å²) in [7, 11) is 0. The number of hydrogen-bond acceptors (Lipinski definition) is 2. The third kappa shape index (κ3) is 6.06.